The summed E-state index contributed by atoms with van der Waals surface area (Å²) in [6, 6.07) is 14.8. The van der Waals surface area contributed by atoms with Gasteiger partial charge >= 0.3 is 0 Å². The Balaban J connectivity index is 1.95. The van der Waals surface area contributed by atoms with E-state index >= 15 is 0 Å². The normalized spacial score (nSPS) is 15.9. The summed E-state index contributed by atoms with van der Waals surface area (Å²) in [5, 5.41) is 0. The quantitative estimate of drug-likeness (QED) is 0.608. The molecule has 1 saturated heterocycles. The predicted octanol–water partition coefficient (Wildman–Crippen LogP) is 4.11. The van der Waals surface area contributed by atoms with Gasteiger partial charge in [0.15, 0.2) is 4.32 Å². The fourth-order valence-electron chi connectivity index (χ4n) is 2.35. The fourth-order valence-corrected chi connectivity index (χ4v) is 3.64. The molecule has 0 aliphatic carbocycles. The van der Waals surface area contributed by atoms with Crippen molar-refractivity contribution in [3.8, 4) is 11.5 Å². The number of hydrogen-bond donors (Lipinski definition) is 0. The number of hydrogen-bond acceptors (Lipinski definition) is 5. The molecule has 1 heterocycles. The molecule has 24 heavy (non-hydrogen) atoms. The Kier molecular flexibility index (Phi) is 4.87. The van der Waals surface area contributed by atoms with E-state index in [0.717, 1.165) is 11.3 Å². The van der Waals surface area contributed by atoms with Crippen LogP contribution in [0, 0.1) is 0 Å². The van der Waals surface area contributed by atoms with Crippen LogP contribution in [0.5, 0.6) is 11.5 Å². The van der Waals surface area contributed by atoms with E-state index in [1.54, 1.807) is 31.3 Å². The minimum Gasteiger partial charge on any atom is -0.497 e. The van der Waals surface area contributed by atoms with E-state index in [9.17, 15) is 4.79 Å². The Hall–Kier alpha value is -2.31. The summed E-state index contributed by atoms with van der Waals surface area (Å²) in [5.74, 6) is 1.20. The predicted molar refractivity (Wildman–Crippen MR) is 102 cm³/mol. The molecule has 4 nitrogen and oxygen atoms in total. The smallest absolute Gasteiger partial charge is 0.270 e. The van der Waals surface area contributed by atoms with Crippen molar-refractivity contribution in [1.29, 1.82) is 0 Å². The van der Waals surface area contributed by atoms with Gasteiger partial charge in [-0.15, -0.1) is 0 Å². The molecule has 0 saturated carbocycles. The molecule has 3 rings (SSSR count). The first-order chi connectivity index (χ1) is 11.6. The Bertz CT molecular complexity index is 818. The average Bonchev–Trinajstić information content (AvgIpc) is 2.89. The van der Waals surface area contributed by atoms with E-state index in [-0.39, 0.29) is 5.91 Å². The molecule has 122 valence electrons. The van der Waals surface area contributed by atoms with Crippen LogP contribution in [-0.4, -0.2) is 24.4 Å². The van der Waals surface area contributed by atoms with E-state index in [4.69, 9.17) is 21.7 Å². The number of thiocarbonyl (C=S) groups is 1. The van der Waals surface area contributed by atoms with E-state index in [1.807, 2.05) is 42.5 Å². The van der Waals surface area contributed by atoms with Gasteiger partial charge in [0.05, 0.1) is 24.8 Å². The third kappa shape index (κ3) is 3.16. The molecule has 6 heteroatoms. The lowest BCUT2D eigenvalue weighted by molar-refractivity contribution is -0.113. The number of rotatable bonds is 4. The number of carbonyl (C=O) groups excluding carboxylic acids is 1. The summed E-state index contributed by atoms with van der Waals surface area (Å²) in [5.41, 5.74) is 1.57. The molecule has 0 aromatic heterocycles. The number of amides is 1. The zero-order valence-electron chi connectivity index (χ0n) is 13.2. The highest BCUT2D eigenvalue weighted by Crippen LogP contribution is 2.37. The van der Waals surface area contributed by atoms with Crippen molar-refractivity contribution in [3.63, 3.8) is 0 Å². The molecular formula is C18H15NO3S2. The number of benzene rings is 2. The summed E-state index contributed by atoms with van der Waals surface area (Å²) in [7, 11) is 3.18. The van der Waals surface area contributed by atoms with Crippen LogP contribution in [0.1, 0.15) is 5.56 Å². The molecule has 0 spiro atoms. The van der Waals surface area contributed by atoms with Gasteiger partial charge in [0, 0.05) is 11.6 Å². The summed E-state index contributed by atoms with van der Waals surface area (Å²) < 4.78 is 11.1. The molecule has 0 N–H and O–H groups in total. The number of methoxy groups -OCH3 is 2. The van der Waals surface area contributed by atoms with Gasteiger partial charge in [-0.25, -0.2) is 0 Å². The van der Waals surface area contributed by atoms with Crippen LogP contribution in [0.4, 0.5) is 5.69 Å². The number of nitrogens with zero attached hydrogens (tertiary/aromatic N) is 1. The van der Waals surface area contributed by atoms with Crippen LogP contribution in [-0.2, 0) is 4.79 Å². The minimum absolute atomic E-state index is 0.130. The van der Waals surface area contributed by atoms with E-state index in [0.29, 0.717) is 20.7 Å². The summed E-state index contributed by atoms with van der Waals surface area (Å²) in [4.78, 5) is 14.8. The van der Waals surface area contributed by atoms with Gasteiger partial charge in [-0.05, 0) is 30.3 Å². The maximum atomic E-state index is 12.7. The Morgan fingerprint density at radius 3 is 2.50 bits per heavy atom. The highest BCUT2D eigenvalue weighted by atomic mass is 32.2. The first-order valence-corrected chi connectivity index (χ1v) is 8.41. The van der Waals surface area contributed by atoms with Gasteiger partial charge < -0.3 is 9.47 Å². The molecule has 2 aromatic rings. The maximum absolute atomic E-state index is 12.7. The van der Waals surface area contributed by atoms with E-state index in [1.165, 1.54) is 11.8 Å². The van der Waals surface area contributed by atoms with Crippen molar-refractivity contribution >= 4 is 46.0 Å². The van der Waals surface area contributed by atoms with Gasteiger partial charge in [0.2, 0.25) is 0 Å². The topological polar surface area (TPSA) is 38.8 Å². The Morgan fingerprint density at radius 2 is 1.83 bits per heavy atom. The molecule has 0 unspecified atom stereocenters. The van der Waals surface area contributed by atoms with Gasteiger partial charge in [0.25, 0.3) is 5.91 Å². The second-order valence-electron chi connectivity index (χ2n) is 4.96. The molecular weight excluding hydrogens is 342 g/mol. The first-order valence-electron chi connectivity index (χ1n) is 7.19. The second kappa shape index (κ2) is 7.07. The van der Waals surface area contributed by atoms with Crippen LogP contribution < -0.4 is 14.4 Å². The molecule has 0 bridgehead atoms. The van der Waals surface area contributed by atoms with Crippen molar-refractivity contribution in [1.82, 2.24) is 0 Å². The third-order valence-corrected chi connectivity index (χ3v) is 4.84. The lowest BCUT2D eigenvalue weighted by Gasteiger charge is -2.13. The summed E-state index contributed by atoms with van der Waals surface area (Å²) in [6.07, 6.45) is 1.79. The van der Waals surface area contributed by atoms with Gasteiger partial charge in [-0.2, -0.15) is 0 Å². The molecule has 1 aliphatic heterocycles. The molecule has 1 amide bonds. The number of ether oxygens (including phenoxy) is 2. The number of anilines is 1. The average molecular weight is 357 g/mol. The largest absolute Gasteiger partial charge is 0.497 e. The van der Waals surface area contributed by atoms with Crippen molar-refractivity contribution in [2.24, 2.45) is 0 Å². The monoisotopic (exact) mass is 357 g/mol. The van der Waals surface area contributed by atoms with Crippen molar-refractivity contribution < 1.29 is 14.3 Å². The molecule has 1 aliphatic rings. The van der Waals surface area contributed by atoms with Crippen molar-refractivity contribution in [2.75, 3.05) is 19.1 Å². The number of carbonyl (C=O) groups is 1. The highest BCUT2D eigenvalue weighted by Gasteiger charge is 2.33. The van der Waals surface area contributed by atoms with Gasteiger partial charge in [-0.1, -0.05) is 42.2 Å². The zero-order chi connectivity index (χ0) is 17.1. The van der Waals surface area contributed by atoms with Crippen LogP contribution in [0.15, 0.2) is 53.4 Å². The summed E-state index contributed by atoms with van der Waals surface area (Å²) >= 11 is 6.65. The zero-order valence-corrected chi connectivity index (χ0v) is 14.8. The molecule has 2 aromatic carbocycles. The molecule has 0 radical (unpaired) electrons. The SMILES string of the molecule is COc1ccc(/C=C2\SC(=S)N(c3ccccc3)C2=O)c(OC)c1. The number of thioether (sulfide) groups is 1. The Labute approximate surface area is 150 Å². The van der Waals surface area contributed by atoms with Crippen LogP contribution >= 0.6 is 24.0 Å². The lowest BCUT2D eigenvalue weighted by atomic mass is 10.1. The summed E-state index contributed by atoms with van der Waals surface area (Å²) in [6.45, 7) is 0. The van der Waals surface area contributed by atoms with Crippen molar-refractivity contribution in [3.05, 3.63) is 59.0 Å². The van der Waals surface area contributed by atoms with Gasteiger partial charge in [0.1, 0.15) is 11.5 Å². The van der Waals surface area contributed by atoms with Crippen LogP contribution in [0.3, 0.4) is 0 Å². The molecule has 1 fully saturated rings. The van der Waals surface area contributed by atoms with Gasteiger partial charge in [-0.3, -0.25) is 9.69 Å². The third-order valence-electron chi connectivity index (χ3n) is 3.54. The fraction of sp³-hybridized carbons (Fsp3) is 0.111. The molecule has 0 atom stereocenters. The second-order valence-corrected chi connectivity index (χ2v) is 6.64. The van der Waals surface area contributed by atoms with Crippen LogP contribution in [0.2, 0.25) is 0 Å². The lowest BCUT2D eigenvalue weighted by Crippen LogP contribution is -2.27. The van der Waals surface area contributed by atoms with E-state index < -0.39 is 0 Å². The van der Waals surface area contributed by atoms with Crippen molar-refractivity contribution in [2.45, 2.75) is 0 Å². The standard InChI is InChI=1S/C18H15NO3S2/c1-21-14-9-8-12(15(11-14)22-2)10-16-17(20)19(18(23)24-16)13-6-4-3-5-7-13/h3-11H,1-2H3/b16-10-. The Morgan fingerprint density at radius 1 is 1.08 bits per heavy atom. The minimum atomic E-state index is -0.130. The van der Waals surface area contributed by atoms with E-state index in [2.05, 4.69) is 0 Å². The van der Waals surface area contributed by atoms with Crippen LogP contribution in [0.25, 0.3) is 6.08 Å². The first kappa shape index (κ1) is 16.5. The maximum Gasteiger partial charge on any atom is 0.270 e. The number of para-hydroxylation sites is 1. The highest BCUT2D eigenvalue weighted by molar-refractivity contribution is 8.27.